The van der Waals surface area contributed by atoms with E-state index in [0.29, 0.717) is 12.1 Å². The summed E-state index contributed by atoms with van der Waals surface area (Å²) in [5, 5.41) is 20.7. The molecule has 0 spiro atoms. The fourth-order valence-corrected chi connectivity index (χ4v) is 1.12. The van der Waals surface area contributed by atoms with Crippen molar-refractivity contribution in [3.63, 3.8) is 0 Å². The van der Waals surface area contributed by atoms with E-state index in [9.17, 15) is 0 Å². The molecule has 3 heteroatoms. The number of rotatable bonds is 4. The Morgan fingerprint density at radius 1 is 1.43 bits per heavy atom. The van der Waals surface area contributed by atoms with Gasteiger partial charge in [-0.05, 0) is 24.6 Å². The van der Waals surface area contributed by atoms with Crippen LogP contribution in [0.4, 0.5) is 0 Å². The Hall–Kier alpha value is -1.37. The normalized spacial score (nSPS) is 12.1. The summed E-state index contributed by atoms with van der Waals surface area (Å²) in [4.78, 5) is 0. The summed E-state index contributed by atoms with van der Waals surface area (Å²) in [6.45, 7) is 3.04. The molecule has 0 fully saturated rings. The van der Waals surface area contributed by atoms with E-state index in [1.165, 1.54) is 0 Å². The van der Waals surface area contributed by atoms with Gasteiger partial charge in [-0.25, -0.2) is 0 Å². The second-order valence-electron chi connectivity index (χ2n) is 3.29. The number of nitriles is 1. The van der Waals surface area contributed by atoms with Crippen LogP contribution in [0.5, 0.6) is 0 Å². The van der Waals surface area contributed by atoms with Crippen molar-refractivity contribution >= 4 is 0 Å². The van der Waals surface area contributed by atoms with E-state index in [4.69, 9.17) is 10.4 Å². The molecule has 0 amide bonds. The first kappa shape index (κ1) is 10.7. The first-order valence-electron chi connectivity index (χ1n) is 4.60. The highest BCUT2D eigenvalue weighted by Crippen LogP contribution is 2.02. The van der Waals surface area contributed by atoms with Crippen LogP contribution >= 0.6 is 0 Å². The minimum absolute atomic E-state index is 0.326. The molecule has 0 saturated carbocycles. The summed E-state index contributed by atoms with van der Waals surface area (Å²) in [6, 6.07) is 9.47. The Labute approximate surface area is 84.0 Å². The highest BCUT2D eigenvalue weighted by molar-refractivity contribution is 5.31. The van der Waals surface area contributed by atoms with Gasteiger partial charge in [0.05, 0.1) is 17.7 Å². The van der Waals surface area contributed by atoms with Crippen LogP contribution in [0.2, 0.25) is 0 Å². The minimum atomic E-state index is -0.326. The van der Waals surface area contributed by atoms with E-state index in [1.807, 2.05) is 12.1 Å². The molecule has 0 aromatic heterocycles. The molecule has 0 heterocycles. The van der Waals surface area contributed by atoms with Gasteiger partial charge in [0.1, 0.15) is 0 Å². The van der Waals surface area contributed by atoms with Gasteiger partial charge in [0, 0.05) is 13.1 Å². The first-order chi connectivity index (χ1) is 6.72. The van der Waals surface area contributed by atoms with Gasteiger partial charge in [-0.2, -0.15) is 5.26 Å². The molecule has 1 rings (SSSR count). The molecule has 0 aliphatic rings. The van der Waals surface area contributed by atoms with Crippen molar-refractivity contribution < 1.29 is 5.11 Å². The average molecular weight is 190 g/mol. The lowest BCUT2D eigenvalue weighted by Crippen LogP contribution is -2.23. The second-order valence-corrected chi connectivity index (χ2v) is 3.29. The summed E-state index contributed by atoms with van der Waals surface area (Å²) in [6.07, 6.45) is -0.326. The molecular weight excluding hydrogens is 176 g/mol. The molecule has 74 valence electrons. The van der Waals surface area contributed by atoms with E-state index in [-0.39, 0.29) is 6.10 Å². The predicted molar refractivity (Wildman–Crippen MR) is 54.5 cm³/mol. The molecule has 0 aliphatic heterocycles. The quantitative estimate of drug-likeness (QED) is 0.745. The van der Waals surface area contributed by atoms with Gasteiger partial charge in [0.2, 0.25) is 0 Å². The van der Waals surface area contributed by atoms with Crippen molar-refractivity contribution in [2.24, 2.45) is 0 Å². The van der Waals surface area contributed by atoms with Gasteiger partial charge in [-0.15, -0.1) is 0 Å². The van der Waals surface area contributed by atoms with Gasteiger partial charge < -0.3 is 10.4 Å². The molecule has 14 heavy (non-hydrogen) atoms. The fraction of sp³-hybridized carbons (Fsp3) is 0.364. The standard InChI is InChI=1S/C11H14N2O/c1-9(14)7-13-8-11-4-2-10(6-12)3-5-11/h2-5,9,13-14H,7-8H2,1H3. The molecule has 0 saturated heterocycles. The van der Waals surface area contributed by atoms with Crippen molar-refractivity contribution in [3.8, 4) is 6.07 Å². The van der Waals surface area contributed by atoms with E-state index >= 15 is 0 Å². The molecule has 1 aromatic carbocycles. The third-order valence-corrected chi connectivity index (χ3v) is 1.85. The van der Waals surface area contributed by atoms with Crippen LogP contribution < -0.4 is 5.32 Å². The Morgan fingerprint density at radius 3 is 2.57 bits per heavy atom. The Balaban J connectivity index is 2.41. The van der Waals surface area contributed by atoms with Gasteiger partial charge >= 0.3 is 0 Å². The SMILES string of the molecule is CC(O)CNCc1ccc(C#N)cc1. The van der Waals surface area contributed by atoms with Crippen LogP contribution in [0.15, 0.2) is 24.3 Å². The molecule has 2 N–H and O–H groups in total. The molecule has 1 unspecified atom stereocenters. The summed E-state index contributed by atoms with van der Waals surface area (Å²) < 4.78 is 0. The fourth-order valence-electron chi connectivity index (χ4n) is 1.12. The maximum Gasteiger partial charge on any atom is 0.0991 e. The van der Waals surface area contributed by atoms with E-state index in [2.05, 4.69) is 11.4 Å². The number of hydrogen-bond donors (Lipinski definition) is 2. The maximum absolute atomic E-state index is 9.01. The maximum atomic E-state index is 9.01. The highest BCUT2D eigenvalue weighted by atomic mass is 16.3. The third kappa shape index (κ3) is 3.56. The number of aliphatic hydroxyl groups is 1. The summed E-state index contributed by atoms with van der Waals surface area (Å²) in [5.41, 5.74) is 1.79. The summed E-state index contributed by atoms with van der Waals surface area (Å²) in [7, 11) is 0. The lowest BCUT2D eigenvalue weighted by Gasteiger charge is -2.06. The van der Waals surface area contributed by atoms with Gasteiger partial charge in [-0.1, -0.05) is 12.1 Å². The van der Waals surface area contributed by atoms with Gasteiger partial charge in [0.25, 0.3) is 0 Å². The molecular formula is C11H14N2O. The van der Waals surface area contributed by atoms with Crippen LogP contribution in [0, 0.1) is 11.3 Å². The van der Waals surface area contributed by atoms with Crippen molar-refractivity contribution in [2.75, 3.05) is 6.54 Å². The number of hydrogen-bond acceptors (Lipinski definition) is 3. The van der Waals surface area contributed by atoms with Crippen LogP contribution in [0.3, 0.4) is 0 Å². The number of nitrogens with zero attached hydrogens (tertiary/aromatic N) is 1. The zero-order valence-electron chi connectivity index (χ0n) is 8.20. The van der Waals surface area contributed by atoms with Gasteiger partial charge in [0.15, 0.2) is 0 Å². The zero-order chi connectivity index (χ0) is 10.4. The molecule has 0 bridgehead atoms. The first-order valence-corrected chi connectivity index (χ1v) is 4.60. The largest absolute Gasteiger partial charge is 0.392 e. The van der Waals surface area contributed by atoms with Crippen LogP contribution in [0.1, 0.15) is 18.1 Å². The number of benzene rings is 1. The number of aliphatic hydroxyl groups excluding tert-OH is 1. The molecule has 0 radical (unpaired) electrons. The average Bonchev–Trinajstić information content (AvgIpc) is 2.18. The van der Waals surface area contributed by atoms with Crippen LogP contribution in [-0.4, -0.2) is 17.8 Å². The van der Waals surface area contributed by atoms with E-state index in [0.717, 1.165) is 12.1 Å². The topological polar surface area (TPSA) is 56.0 Å². The second kappa shape index (κ2) is 5.38. The highest BCUT2D eigenvalue weighted by Gasteiger charge is 1.96. The summed E-state index contributed by atoms with van der Waals surface area (Å²) >= 11 is 0. The minimum Gasteiger partial charge on any atom is -0.392 e. The Morgan fingerprint density at radius 2 is 2.07 bits per heavy atom. The van der Waals surface area contributed by atoms with Crippen molar-refractivity contribution in [2.45, 2.75) is 19.6 Å². The zero-order valence-corrected chi connectivity index (χ0v) is 8.20. The van der Waals surface area contributed by atoms with Crippen molar-refractivity contribution in [1.29, 1.82) is 5.26 Å². The van der Waals surface area contributed by atoms with Gasteiger partial charge in [-0.3, -0.25) is 0 Å². The predicted octanol–water partition coefficient (Wildman–Crippen LogP) is 1.03. The monoisotopic (exact) mass is 190 g/mol. The Bertz CT molecular complexity index is 311. The lowest BCUT2D eigenvalue weighted by atomic mass is 10.1. The number of nitrogens with one attached hydrogen (secondary N) is 1. The smallest absolute Gasteiger partial charge is 0.0991 e. The Kier molecular flexibility index (Phi) is 4.11. The molecule has 3 nitrogen and oxygen atoms in total. The molecule has 1 atom stereocenters. The summed E-state index contributed by atoms with van der Waals surface area (Å²) in [5.74, 6) is 0. The van der Waals surface area contributed by atoms with Crippen molar-refractivity contribution in [3.05, 3.63) is 35.4 Å². The van der Waals surface area contributed by atoms with E-state index < -0.39 is 0 Å². The third-order valence-electron chi connectivity index (χ3n) is 1.85. The van der Waals surface area contributed by atoms with E-state index in [1.54, 1.807) is 19.1 Å². The van der Waals surface area contributed by atoms with Crippen molar-refractivity contribution in [1.82, 2.24) is 5.32 Å². The van der Waals surface area contributed by atoms with Crippen LogP contribution in [-0.2, 0) is 6.54 Å². The van der Waals surface area contributed by atoms with Crippen LogP contribution in [0.25, 0.3) is 0 Å². The molecule has 0 aliphatic carbocycles. The molecule has 1 aromatic rings. The lowest BCUT2D eigenvalue weighted by molar-refractivity contribution is 0.191.